The first-order valence-corrected chi connectivity index (χ1v) is 11.0. The second-order valence-electron chi connectivity index (χ2n) is 8.50. The van der Waals surface area contributed by atoms with Gasteiger partial charge in [-0.1, -0.05) is 11.2 Å². The molecule has 1 saturated heterocycles. The van der Waals surface area contributed by atoms with Crippen molar-refractivity contribution in [3.05, 3.63) is 64.9 Å². The molecule has 5 rings (SSSR count). The summed E-state index contributed by atoms with van der Waals surface area (Å²) in [5.41, 5.74) is 2.28. The Morgan fingerprint density at radius 3 is 2.60 bits per heavy atom. The Bertz CT molecular complexity index is 1390. The number of fused-ring (bicyclic) bond motifs is 1. The lowest BCUT2D eigenvalue weighted by Crippen LogP contribution is -2.48. The number of carbonyl (C=O) groups is 1. The van der Waals surface area contributed by atoms with E-state index in [1.165, 1.54) is 12.1 Å². The van der Waals surface area contributed by atoms with Gasteiger partial charge in [0, 0.05) is 43.1 Å². The average molecular weight is 485 g/mol. The molecule has 35 heavy (non-hydrogen) atoms. The highest BCUT2D eigenvalue weighted by molar-refractivity contribution is 5.94. The highest BCUT2D eigenvalue weighted by Gasteiger charge is 2.32. The molecule has 4 aromatic rings. The largest absolute Gasteiger partial charge is 0.416 e. The summed E-state index contributed by atoms with van der Waals surface area (Å²) in [7, 11) is 0. The molecule has 0 bridgehead atoms. The minimum Gasteiger partial charge on any atom is -0.336 e. The molecule has 0 unspecified atom stereocenters. The van der Waals surface area contributed by atoms with E-state index >= 15 is 0 Å². The lowest BCUT2D eigenvalue weighted by atomic mass is 10.1. The molecule has 0 N–H and O–H groups in total. The van der Waals surface area contributed by atoms with Gasteiger partial charge in [0.05, 0.1) is 18.3 Å². The van der Waals surface area contributed by atoms with E-state index in [-0.39, 0.29) is 5.56 Å². The molecule has 0 aliphatic carbocycles. The van der Waals surface area contributed by atoms with Gasteiger partial charge in [0.1, 0.15) is 5.56 Å². The first-order valence-electron chi connectivity index (χ1n) is 11.0. The van der Waals surface area contributed by atoms with Crippen molar-refractivity contribution in [3.8, 4) is 11.5 Å². The predicted octanol–water partition coefficient (Wildman–Crippen LogP) is 3.37. The number of hydrogen-bond acceptors (Lipinski definition) is 7. The fourth-order valence-corrected chi connectivity index (χ4v) is 4.17. The average Bonchev–Trinajstić information content (AvgIpc) is 3.45. The minimum atomic E-state index is -4.49. The maximum Gasteiger partial charge on any atom is 0.416 e. The van der Waals surface area contributed by atoms with Crippen molar-refractivity contribution < 1.29 is 22.5 Å². The van der Waals surface area contributed by atoms with E-state index in [1.807, 2.05) is 19.9 Å². The SMILES string of the molecule is Cc1cc(C)n2ncc(-c3nc(CN4CCN(C(=O)c5cccc(C(F)(F)F)c5)CC4)no3)c2n1. The summed E-state index contributed by atoms with van der Waals surface area (Å²) in [6.45, 7) is 6.10. The molecule has 182 valence electrons. The molecule has 0 saturated carbocycles. The number of rotatable bonds is 4. The van der Waals surface area contributed by atoms with Crippen LogP contribution < -0.4 is 0 Å². The van der Waals surface area contributed by atoms with Crippen LogP contribution in [0.3, 0.4) is 0 Å². The van der Waals surface area contributed by atoms with Crippen LogP contribution in [-0.2, 0) is 12.7 Å². The zero-order valence-electron chi connectivity index (χ0n) is 19.1. The Kier molecular flexibility index (Phi) is 5.75. The maximum absolute atomic E-state index is 13.0. The van der Waals surface area contributed by atoms with Crippen molar-refractivity contribution in [2.75, 3.05) is 26.2 Å². The number of amides is 1. The second-order valence-corrected chi connectivity index (χ2v) is 8.50. The first kappa shape index (κ1) is 23.0. The molecule has 1 amide bonds. The third-order valence-electron chi connectivity index (χ3n) is 5.94. The van der Waals surface area contributed by atoms with Gasteiger partial charge in [-0.2, -0.15) is 23.3 Å². The van der Waals surface area contributed by atoms with Crippen LogP contribution in [0, 0.1) is 13.8 Å². The van der Waals surface area contributed by atoms with E-state index in [4.69, 9.17) is 4.52 Å². The van der Waals surface area contributed by atoms with Gasteiger partial charge < -0.3 is 9.42 Å². The molecule has 9 nitrogen and oxygen atoms in total. The van der Waals surface area contributed by atoms with Gasteiger partial charge in [0.25, 0.3) is 11.8 Å². The number of carbonyl (C=O) groups excluding carboxylic acids is 1. The number of benzene rings is 1. The van der Waals surface area contributed by atoms with E-state index in [2.05, 4.69) is 25.1 Å². The summed E-state index contributed by atoms with van der Waals surface area (Å²) in [5, 5.41) is 8.42. The maximum atomic E-state index is 13.0. The number of piperazine rings is 1. The molecule has 12 heteroatoms. The number of hydrogen-bond donors (Lipinski definition) is 0. The Hall–Kier alpha value is -3.80. The van der Waals surface area contributed by atoms with Crippen molar-refractivity contribution in [3.63, 3.8) is 0 Å². The monoisotopic (exact) mass is 485 g/mol. The van der Waals surface area contributed by atoms with Crippen LogP contribution in [0.25, 0.3) is 17.1 Å². The van der Waals surface area contributed by atoms with Crippen LogP contribution in [0.5, 0.6) is 0 Å². The molecular formula is C23H22F3N7O2. The van der Waals surface area contributed by atoms with Crippen LogP contribution in [0.4, 0.5) is 13.2 Å². The molecule has 3 aromatic heterocycles. The van der Waals surface area contributed by atoms with Crippen LogP contribution >= 0.6 is 0 Å². The molecule has 0 radical (unpaired) electrons. The highest BCUT2D eigenvalue weighted by Crippen LogP contribution is 2.30. The Morgan fingerprint density at radius 2 is 1.86 bits per heavy atom. The highest BCUT2D eigenvalue weighted by atomic mass is 19.4. The van der Waals surface area contributed by atoms with Gasteiger partial charge in [0.2, 0.25) is 0 Å². The van der Waals surface area contributed by atoms with Gasteiger partial charge in [-0.3, -0.25) is 9.69 Å². The van der Waals surface area contributed by atoms with Gasteiger partial charge in [-0.15, -0.1) is 0 Å². The zero-order valence-corrected chi connectivity index (χ0v) is 19.1. The van der Waals surface area contributed by atoms with E-state index in [1.54, 1.807) is 15.6 Å². The molecule has 1 aromatic carbocycles. The van der Waals surface area contributed by atoms with Crippen LogP contribution in [0.1, 0.15) is 33.1 Å². The lowest BCUT2D eigenvalue weighted by molar-refractivity contribution is -0.137. The Labute approximate surface area is 198 Å². The molecule has 1 fully saturated rings. The van der Waals surface area contributed by atoms with Crippen LogP contribution in [-0.4, -0.2) is 66.6 Å². The summed E-state index contributed by atoms with van der Waals surface area (Å²) in [4.78, 5) is 25.4. The fourth-order valence-electron chi connectivity index (χ4n) is 4.17. The van der Waals surface area contributed by atoms with Crippen molar-refractivity contribution >= 4 is 11.6 Å². The van der Waals surface area contributed by atoms with Crippen LogP contribution in [0.2, 0.25) is 0 Å². The summed E-state index contributed by atoms with van der Waals surface area (Å²) in [6, 6.07) is 6.44. The third-order valence-corrected chi connectivity index (χ3v) is 5.94. The van der Waals surface area contributed by atoms with Crippen molar-refractivity contribution in [1.29, 1.82) is 0 Å². The van der Waals surface area contributed by atoms with Crippen molar-refractivity contribution in [2.24, 2.45) is 0 Å². The van der Waals surface area contributed by atoms with Crippen molar-refractivity contribution in [1.82, 2.24) is 34.5 Å². The van der Waals surface area contributed by atoms with E-state index in [9.17, 15) is 18.0 Å². The Morgan fingerprint density at radius 1 is 1.09 bits per heavy atom. The first-order chi connectivity index (χ1) is 16.7. The van der Waals surface area contributed by atoms with Crippen molar-refractivity contribution in [2.45, 2.75) is 26.6 Å². The normalized spacial score (nSPS) is 15.2. The fraction of sp³-hybridized carbons (Fsp3) is 0.348. The van der Waals surface area contributed by atoms with Gasteiger partial charge in [-0.05, 0) is 38.1 Å². The number of aromatic nitrogens is 5. The van der Waals surface area contributed by atoms with E-state index in [0.29, 0.717) is 55.6 Å². The lowest BCUT2D eigenvalue weighted by Gasteiger charge is -2.34. The number of nitrogens with zero attached hydrogens (tertiary/aromatic N) is 7. The second kappa shape index (κ2) is 8.77. The zero-order chi connectivity index (χ0) is 24.7. The molecule has 0 atom stereocenters. The standard InChI is InChI=1S/C23H22F3N7O2/c1-14-10-15(2)33-20(28-14)18(12-27-33)21-29-19(30-35-21)13-31-6-8-32(9-7-31)22(34)16-4-3-5-17(11-16)23(24,25)26/h3-5,10-12H,6-9,13H2,1-2H3. The predicted molar refractivity (Wildman–Crippen MR) is 118 cm³/mol. The van der Waals surface area contributed by atoms with Crippen LogP contribution in [0.15, 0.2) is 41.1 Å². The molecular weight excluding hydrogens is 463 g/mol. The van der Waals surface area contributed by atoms with E-state index in [0.717, 1.165) is 23.5 Å². The quantitative estimate of drug-likeness (QED) is 0.438. The molecule has 0 spiro atoms. The smallest absolute Gasteiger partial charge is 0.336 e. The molecule has 1 aliphatic rings. The molecule has 1 aliphatic heterocycles. The Balaban J connectivity index is 1.23. The summed E-state index contributed by atoms with van der Waals surface area (Å²) < 4.78 is 46.1. The van der Waals surface area contributed by atoms with Gasteiger partial charge in [0.15, 0.2) is 11.5 Å². The third kappa shape index (κ3) is 4.61. The number of aryl methyl sites for hydroxylation is 2. The van der Waals surface area contributed by atoms with Gasteiger partial charge >= 0.3 is 6.18 Å². The summed E-state index contributed by atoms with van der Waals surface area (Å²) >= 11 is 0. The van der Waals surface area contributed by atoms with Gasteiger partial charge in [-0.25, -0.2) is 9.50 Å². The molecule has 4 heterocycles. The van der Waals surface area contributed by atoms with E-state index < -0.39 is 17.6 Å². The minimum absolute atomic E-state index is 0.0311. The number of halogens is 3. The summed E-state index contributed by atoms with van der Waals surface area (Å²) in [6.07, 6.45) is -2.85. The summed E-state index contributed by atoms with van der Waals surface area (Å²) in [5.74, 6) is 0.399. The number of alkyl halides is 3. The topological polar surface area (TPSA) is 92.7 Å².